The third-order valence-electron chi connectivity index (χ3n) is 7.17. The Bertz CT molecular complexity index is 1190. The number of fused-ring (bicyclic) bond motifs is 1. The number of nitrogens with one attached hydrogen (secondary N) is 1. The van der Waals surface area contributed by atoms with Crippen LogP contribution in [0.25, 0.3) is 0 Å². The van der Waals surface area contributed by atoms with E-state index < -0.39 is 5.54 Å². The number of allylic oxidation sites excluding steroid dienone is 1. The Morgan fingerprint density at radius 2 is 1.74 bits per heavy atom. The van der Waals surface area contributed by atoms with E-state index >= 15 is 0 Å². The molecule has 0 bridgehead atoms. The van der Waals surface area contributed by atoms with Gasteiger partial charge >= 0.3 is 0 Å². The van der Waals surface area contributed by atoms with Crippen LogP contribution in [0.4, 0.5) is 0 Å². The molecule has 0 spiro atoms. The van der Waals surface area contributed by atoms with Crippen molar-refractivity contribution in [3.05, 3.63) is 80.3 Å². The van der Waals surface area contributed by atoms with Crippen LogP contribution in [-0.2, 0) is 10.3 Å². The second-order valence-electron chi connectivity index (χ2n) is 9.75. The van der Waals surface area contributed by atoms with Crippen molar-refractivity contribution in [3.8, 4) is 0 Å². The zero-order valence-corrected chi connectivity index (χ0v) is 22.7. The number of hydrogen-bond donors (Lipinski definition) is 1. The summed E-state index contributed by atoms with van der Waals surface area (Å²) in [4.78, 5) is 24.2. The Hall–Kier alpha value is -1.99. The van der Waals surface area contributed by atoms with Gasteiger partial charge in [0.1, 0.15) is 10.4 Å². The first-order valence-corrected chi connectivity index (χ1v) is 13.7. The van der Waals surface area contributed by atoms with Gasteiger partial charge in [-0.05, 0) is 66.9 Å². The number of aliphatic imine (C=N–C) groups is 1. The molecule has 1 N–H and O–H groups in total. The molecule has 1 fully saturated rings. The maximum Gasteiger partial charge on any atom is 0.262 e. The van der Waals surface area contributed by atoms with Crippen LogP contribution >= 0.6 is 35.0 Å². The maximum atomic E-state index is 13.8. The summed E-state index contributed by atoms with van der Waals surface area (Å²) in [5.41, 5.74) is 2.67. The predicted octanol–water partition coefficient (Wildman–Crippen LogP) is 6.06. The quantitative estimate of drug-likeness (QED) is 0.495. The molecule has 0 aromatic heterocycles. The first-order chi connectivity index (χ1) is 16.7. The predicted molar refractivity (Wildman–Crippen MR) is 146 cm³/mol. The fourth-order valence-corrected chi connectivity index (χ4v) is 6.87. The molecule has 1 saturated heterocycles. The van der Waals surface area contributed by atoms with Gasteiger partial charge in [0.05, 0.1) is 12.1 Å². The molecule has 5 nitrogen and oxygen atoms in total. The van der Waals surface area contributed by atoms with Crippen molar-refractivity contribution >= 4 is 46.0 Å². The van der Waals surface area contributed by atoms with E-state index in [1.54, 1.807) is 0 Å². The number of amidine groups is 1. The number of carbonyl (C=O) groups excluding carboxylic acids is 1. The minimum atomic E-state index is -0.558. The lowest BCUT2D eigenvalue weighted by Gasteiger charge is -2.39. The molecule has 0 saturated carbocycles. The summed E-state index contributed by atoms with van der Waals surface area (Å²) in [5.74, 6) is 0.252. The molecular weight excluding hydrogens is 499 g/mol. The number of hydrogen-bond acceptors (Lipinski definition) is 5. The summed E-state index contributed by atoms with van der Waals surface area (Å²) in [5, 5.41) is 5.55. The van der Waals surface area contributed by atoms with E-state index in [0.717, 1.165) is 40.0 Å². The van der Waals surface area contributed by atoms with Crippen molar-refractivity contribution in [1.82, 2.24) is 15.1 Å². The number of halogens is 2. The molecule has 1 amide bonds. The summed E-state index contributed by atoms with van der Waals surface area (Å²) >= 11 is 14.0. The first kappa shape index (κ1) is 24.7. The molecule has 2 aromatic carbocycles. The topological polar surface area (TPSA) is 47.9 Å². The van der Waals surface area contributed by atoms with Crippen LogP contribution in [-0.4, -0.2) is 46.6 Å². The number of rotatable bonds is 6. The molecule has 8 heteroatoms. The summed E-state index contributed by atoms with van der Waals surface area (Å²) in [6, 6.07) is 16.0. The van der Waals surface area contributed by atoms with Crippen LogP contribution in [0.2, 0.25) is 10.0 Å². The van der Waals surface area contributed by atoms with E-state index in [1.165, 1.54) is 11.8 Å². The molecule has 35 heavy (non-hydrogen) atoms. The minimum absolute atomic E-state index is 0.104. The molecule has 3 heterocycles. The normalized spacial score (nSPS) is 24.0. The van der Waals surface area contributed by atoms with Gasteiger partial charge < -0.3 is 15.1 Å². The highest BCUT2D eigenvalue weighted by molar-refractivity contribution is 8.18. The number of carbonyl (C=O) groups is 1. The second kappa shape index (κ2) is 9.47. The molecule has 0 radical (unpaired) electrons. The molecular formula is C27H30Cl2N4OS. The van der Waals surface area contributed by atoms with Gasteiger partial charge in [0, 0.05) is 35.4 Å². The fourth-order valence-electron chi connectivity index (χ4n) is 5.26. The molecule has 2 aromatic rings. The smallest absolute Gasteiger partial charge is 0.262 e. The summed E-state index contributed by atoms with van der Waals surface area (Å²) in [6.45, 7) is 10.9. The van der Waals surface area contributed by atoms with Gasteiger partial charge in [-0.1, -0.05) is 61.3 Å². The van der Waals surface area contributed by atoms with Gasteiger partial charge in [-0.2, -0.15) is 0 Å². The van der Waals surface area contributed by atoms with Crippen LogP contribution in [0, 0.1) is 5.92 Å². The third kappa shape index (κ3) is 4.18. The van der Waals surface area contributed by atoms with E-state index in [2.05, 4.69) is 62.2 Å². The highest BCUT2D eigenvalue weighted by Gasteiger charge is 2.53. The average Bonchev–Trinajstić information content (AvgIpc) is 3.29. The van der Waals surface area contributed by atoms with Crippen LogP contribution in [0.15, 0.2) is 64.1 Å². The van der Waals surface area contributed by atoms with Crippen LogP contribution in [0.3, 0.4) is 0 Å². The number of nitrogens with zero attached hydrogens (tertiary/aromatic N) is 3. The average molecular weight is 530 g/mol. The van der Waals surface area contributed by atoms with Crippen molar-refractivity contribution in [2.24, 2.45) is 10.9 Å². The van der Waals surface area contributed by atoms with Crippen molar-refractivity contribution in [3.63, 3.8) is 0 Å². The SMILES string of the molecule is CCN(C(=O)C1=C(C(C)C)N2C(=NC(C)(c3ccc(Cl)cc3)C2c2ccc(Cl)cc2)S1)C1CNC1. The van der Waals surface area contributed by atoms with Gasteiger partial charge in [0.25, 0.3) is 5.91 Å². The molecule has 2 atom stereocenters. The third-order valence-corrected chi connectivity index (χ3v) is 8.73. The Labute approximate surface area is 221 Å². The minimum Gasteiger partial charge on any atom is -0.333 e. The first-order valence-electron chi connectivity index (χ1n) is 12.1. The van der Waals surface area contributed by atoms with Gasteiger partial charge in [-0.25, -0.2) is 4.99 Å². The lowest BCUT2D eigenvalue weighted by Crippen LogP contribution is -2.59. The van der Waals surface area contributed by atoms with E-state index in [9.17, 15) is 4.79 Å². The largest absolute Gasteiger partial charge is 0.333 e. The van der Waals surface area contributed by atoms with Crippen molar-refractivity contribution in [1.29, 1.82) is 0 Å². The van der Waals surface area contributed by atoms with Crippen LogP contribution in [0.5, 0.6) is 0 Å². The molecule has 2 unspecified atom stereocenters. The zero-order valence-electron chi connectivity index (χ0n) is 20.4. The van der Waals surface area contributed by atoms with Crippen molar-refractivity contribution in [2.45, 2.75) is 45.3 Å². The number of likely N-dealkylation sites (N-methyl/N-ethyl adjacent to an activating group) is 1. The molecule has 3 aliphatic heterocycles. The second-order valence-corrected chi connectivity index (χ2v) is 11.6. The standard InChI is InChI=1S/C27H30Cl2N4OS/c1-5-32(21-14-30-15-21)25(34)23-22(16(2)3)33-24(17-6-10-19(28)11-7-17)27(4,31-26(33)35-23)18-8-12-20(29)13-9-18/h6-13,16,21,24,30H,5,14-15H2,1-4H3. The monoisotopic (exact) mass is 528 g/mol. The fraction of sp³-hybridized carbons (Fsp3) is 0.407. The van der Waals surface area contributed by atoms with Crippen LogP contribution < -0.4 is 5.32 Å². The summed E-state index contributed by atoms with van der Waals surface area (Å²) in [7, 11) is 0. The summed E-state index contributed by atoms with van der Waals surface area (Å²) in [6.07, 6.45) is 0. The highest BCUT2D eigenvalue weighted by atomic mass is 35.5. The van der Waals surface area contributed by atoms with Crippen molar-refractivity contribution in [2.75, 3.05) is 19.6 Å². The van der Waals surface area contributed by atoms with E-state index in [1.807, 2.05) is 29.2 Å². The van der Waals surface area contributed by atoms with Gasteiger partial charge in [0.15, 0.2) is 5.17 Å². The van der Waals surface area contributed by atoms with Gasteiger partial charge in [-0.15, -0.1) is 0 Å². The Kier molecular flexibility index (Phi) is 6.68. The number of benzene rings is 2. The van der Waals surface area contributed by atoms with E-state index in [4.69, 9.17) is 28.2 Å². The number of thioether (sulfide) groups is 1. The lowest BCUT2D eigenvalue weighted by molar-refractivity contribution is -0.129. The Morgan fingerprint density at radius 3 is 2.26 bits per heavy atom. The zero-order chi connectivity index (χ0) is 24.9. The molecule has 5 rings (SSSR count). The lowest BCUT2D eigenvalue weighted by atomic mass is 9.81. The van der Waals surface area contributed by atoms with E-state index in [0.29, 0.717) is 16.6 Å². The summed E-state index contributed by atoms with van der Waals surface area (Å²) < 4.78 is 0. The molecule has 184 valence electrons. The highest BCUT2D eigenvalue weighted by Crippen LogP contribution is 2.56. The van der Waals surface area contributed by atoms with Crippen LogP contribution in [0.1, 0.15) is 44.9 Å². The van der Waals surface area contributed by atoms with Crippen molar-refractivity contribution < 1.29 is 4.79 Å². The van der Waals surface area contributed by atoms with Gasteiger partial charge in [-0.3, -0.25) is 4.79 Å². The Balaban J connectivity index is 1.63. The van der Waals surface area contributed by atoms with Gasteiger partial charge in [0.2, 0.25) is 0 Å². The maximum absolute atomic E-state index is 13.8. The van der Waals surface area contributed by atoms with E-state index in [-0.39, 0.29) is 23.9 Å². The Morgan fingerprint density at radius 1 is 1.14 bits per heavy atom. The molecule has 0 aliphatic carbocycles. The molecule has 3 aliphatic rings. The number of amides is 1.